The highest BCUT2D eigenvalue weighted by Gasteiger charge is 2.16. The van der Waals surface area contributed by atoms with E-state index in [-0.39, 0.29) is 11.9 Å². The number of hydrazone groups is 1. The van der Waals surface area contributed by atoms with E-state index < -0.39 is 0 Å². The van der Waals surface area contributed by atoms with Crippen LogP contribution in [0.4, 0.5) is 5.69 Å². The molecule has 3 aromatic rings. The van der Waals surface area contributed by atoms with Gasteiger partial charge in [-0.15, -0.1) is 0 Å². The van der Waals surface area contributed by atoms with E-state index in [1.165, 1.54) is 0 Å². The Kier molecular flexibility index (Phi) is 6.58. The third kappa shape index (κ3) is 5.07. The molecular formula is C24H25N3O. The summed E-state index contributed by atoms with van der Waals surface area (Å²) >= 11 is 0. The molecule has 3 aromatic carbocycles. The van der Waals surface area contributed by atoms with Crippen LogP contribution in [0.2, 0.25) is 0 Å². The zero-order chi connectivity index (χ0) is 19.8. The number of hydrogen-bond donors (Lipinski definition) is 2. The van der Waals surface area contributed by atoms with Gasteiger partial charge < -0.3 is 5.32 Å². The van der Waals surface area contributed by atoms with Crippen molar-refractivity contribution >= 4 is 34.2 Å². The van der Waals surface area contributed by atoms with Crippen LogP contribution in [0.5, 0.6) is 0 Å². The Morgan fingerprint density at radius 2 is 1.71 bits per heavy atom. The van der Waals surface area contributed by atoms with Gasteiger partial charge in [0.15, 0.2) is 0 Å². The summed E-state index contributed by atoms with van der Waals surface area (Å²) < 4.78 is 0. The highest BCUT2D eigenvalue weighted by Crippen LogP contribution is 2.24. The molecule has 0 aliphatic rings. The van der Waals surface area contributed by atoms with E-state index in [0.717, 1.165) is 27.7 Å². The van der Waals surface area contributed by atoms with Crippen molar-refractivity contribution in [3.8, 4) is 0 Å². The van der Waals surface area contributed by atoms with E-state index in [1.807, 2.05) is 80.6 Å². The number of nitrogens with zero attached hydrogens (tertiary/aromatic N) is 1. The standard InChI is InChI=1S/C24H25N3O/c1-3-22(25-23-15-9-13-20-12-7-8-14-21(20)23)24(28)27-26-18(2)16-17-19-10-5-4-6-11-19/h4-17,22,25H,3H2,1-2H3,(H,27,28)/b17-16+,26-18+. The Hall–Kier alpha value is -3.40. The van der Waals surface area contributed by atoms with Gasteiger partial charge in [-0.2, -0.15) is 5.10 Å². The minimum absolute atomic E-state index is 0.150. The van der Waals surface area contributed by atoms with Gasteiger partial charge in [-0.25, -0.2) is 5.43 Å². The number of benzene rings is 3. The van der Waals surface area contributed by atoms with Crippen LogP contribution in [0, 0.1) is 0 Å². The predicted molar refractivity (Wildman–Crippen MR) is 118 cm³/mol. The number of hydrogen-bond acceptors (Lipinski definition) is 3. The number of amides is 1. The highest BCUT2D eigenvalue weighted by molar-refractivity contribution is 5.98. The normalized spacial score (nSPS) is 12.9. The van der Waals surface area contributed by atoms with Gasteiger partial charge in [-0.3, -0.25) is 4.79 Å². The maximum atomic E-state index is 12.6. The fourth-order valence-corrected chi connectivity index (χ4v) is 2.93. The molecule has 0 bridgehead atoms. The van der Waals surface area contributed by atoms with Crippen molar-refractivity contribution in [2.45, 2.75) is 26.3 Å². The van der Waals surface area contributed by atoms with Crippen LogP contribution in [0.15, 0.2) is 84.0 Å². The quantitative estimate of drug-likeness (QED) is 0.441. The molecule has 0 spiro atoms. The van der Waals surface area contributed by atoms with Crippen LogP contribution in [0.1, 0.15) is 25.8 Å². The van der Waals surface area contributed by atoms with Gasteiger partial charge in [0.1, 0.15) is 6.04 Å². The summed E-state index contributed by atoms with van der Waals surface area (Å²) in [5.41, 5.74) is 5.45. The smallest absolute Gasteiger partial charge is 0.262 e. The molecule has 0 radical (unpaired) electrons. The van der Waals surface area contributed by atoms with E-state index in [4.69, 9.17) is 0 Å². The highest BCUT2D eigenvalue weighted by atomic mass is 16.2. The van der Waals surface area contributed by atoms with Crippen molar-refractivity contribution in [2.75, 3.05) is 5.32 Å². The van der Waals surface area contributed by atoms with Crippen LogP contribution in [0.25, 0.3) is 16.8 Å². The van der Waals surface area contributed by atoms with Crippen molar-refractivity contribution in [3.05, 3.63) is 84.4 Å². The Balaban J connectivity index is 1.65. The maximum Gasteiger partial charge on any atom is 0.262 e. The minimum atomic E-state index is -0.361. The molecule has 0 saturated carbocycles. The van der Waals surface area contributed by atoms with E-state index in [2.05, 4.69) is 34.0 Å². The van der Waals surface area contributed by atoms with Gasteiger partial charge >= 0.3 is 0 Å². The molecule has 2 N–H and O–H groups in total. The summed E-state index contributed by atoms with van der Waals surface area (Å²) in [7, 11) is 0. The summed E-state index contributed by atoms with van der Waals surface area (Å²) in [4.78, 5) is 12.6. The van der Waals surface area contributed by atoms with E-state index in [0.29, 0.717) is 6.42 Å². The number of anilines is 1. The molecule has 1 unspecified atom stereocenters. The monoisotopic (exact) mass is 371 g/mol. The fourth-order valence-electron chi connectivity index (χ4n) is 2.93. The lowest BCUT2D eigenvalue weighted by molar-refractivity contribution is -0.121. The second-order valence-electron chi connectivity index (χ2n) is 6.61. The molecule has 0 aliphatic carbocycles. The SMILES string of the molecule is CCC(Nc1cccc2ccccc12)C(=O)N/N=C(C)/C=C/c1ccccc1. The number of carbonyl (C=O) groups is 1. The van der Waals surface area contributed by atoms with Crippen LogP contribution in [-0.4, -0.2) is 17.7 Å². The van der Waals surface area contributed by atoms with Crippen LogP contribution < -0.4 is 10.7 Å². The van der Waals surface area contributed by atoms with Crippen molar-refractivity contribution in [1.82, 2.24) is 5.43 Å². The van der Waals surface area contributed by atoms with Crippen LogP contribution >= 0.6 is 0 Å². The fraction of sp³-hybridized carbons (Fsp3) is 0.167. The second-order valence-corrected chi connectivity index (χ2v) is 6.61. The Morgan fingerprint density at radius 1 is 1.00 bits per heavy atom. The lowest BCUT2D eigenvalue weighted by atomic mass is 10.1. The molecule has 0 aromatic heterocycles. The van der Waals surface area contributed by atoms with Crippen LogP contribution in [-0.2, 0) is 4.79 Å². The summed E-state index contributed by atoms with van der Waals surface area (Å²) in [5.74, 6) is -0.150. The second kappa shape index (κ2) is 9.51. The van der Waals surface area contributed by atoms with E-state index in [1.54, 1.807) is 0 Å². The predicted octanol–water partition coefficient (Wildman–Crippen LogP) is 5.24. The molecule has 4 heteroatoms. The third-order valence-corrected chi connectivity index (χ3v) is 4.50. The molecule has 3 rings (SSSR count). The molecule has 0 fully saturated rings. The van der Waals surface area contributed by atoms with Gasteiger partial charge in [0, 0.05) is 11.1 Å². The number of allylic oxidation sites excluding steroid dienone is 1. The van der Waals surface area contributed by atoms with Gasteiger partial charge in [0.05, 0.1) is 5.71 Å². The van der Waals surface area contributed by atoms with Crippen LogP contribution in [0.3, 0.4) is 0 Å². The third-order valence-electron chi connectivity index (χ3n) is 4.50. The van der Waals surface area contributed by atoms with E-state index >= 15 is 0 Å². The molecule has 28 heavy (non-hydrogen) atoms. The molecular weight excluding hydrogens is 346 g/mol. The average molecular weight is 371 g/mol. The zero-order valence-electron chi connectivity index (χ0n) is 16.2. The van der Waals surface area contributed by atoms with Gasteiger partial charge in [-0.05, 0) is 36.4 Å². The van der Waals surface area contributed by atoms with Gasteiger partial charge in [-0.1, -0.05) is 79.7 Å². The molecule has 0 heterocycles. The largest absolute Gasteiger partial charge is 0.373 e. The Labute approximate surface area is 166 Å². The molecule has 1 amide bonds. The number of carbonyl (C=O) groups excluding carboxylic acids is 1. The molecule has 1 atom stereocenters. The number of rotatable bonds is 7. The number of nitrogens with one attached hydrogen (secondary N) is 2. The van der Waals surface area contributed by atoms with E-state index in [9.17, 15) is 4.79 Å². The van der Waals surface area contributed by atoms with Crippen molar-refractivity contribution in [1.29, 1.82) is 0 Å². The molecule has 0 saturated heterocycles. The number of fused-ring (bicyclic) bond motifs is 1. The summed E-state index contributed by atoms with van der Waals surface area (Å²) in [5, 5.41) is 9.80. The zero-order valence-corrected chi connectivity index (χ0v) is 16.2. The lowest BCUT2D eigenvalue weighted by Crippen LogP contribution is -2.37. The summed E-state index contributed by atoms with van der Waals surface area (Å²) in [6.45, 7) is 3.84. The first-order valence-corrected chi connectivity index (χ1v) is 9.49. The molecule has 0 aliphatic heterocycles. The topological polar surface area (TPSA) is 53.5 Å². The first kappa shape index (κ1) is 19.4. The van der Waals surface area contributed by atoms with Gasteiger partial charge in [0.25, 0.3) is 5.91 Å². The van der Waals surface area contributed by atoms with Crippen molar-refractivity contribution in [3.63, 3.8) is 0 Å². The Morgan fingerprint density at radius 3 is 2.50 bits per heavy atom. The van der Waals surface area contributed by atoms with Crippen molar-refractivity contribution < 1.29 is 4.79 Å². The van der Waals surface area contributed by atoms with Gasteiger partial charge in [0.2, 0.25) is 0 Å². The first-order valence-electron chi connectivity index (χ1n) is 9.49. The lowest BCUT2D eigenvalue weighted by Gasteiger charge is -2.18. The summed E-state index contributed by atoms with van der Waals surface area (Å²) in [6, 6.07) is 23.8. The summed E-state index contributed by atoms with van der Waals surface area (Å²) in [6.07, 6.45) is 4.51. The minimum Gasteiger partial charge on any atom is -0.373 e. The van der Waals surface area contributed by atoms with Crippen molar-refractivity contribution in [2.24, 2.45) is 5.10 Å². The molecule has 142 valence electrons. The average Bonchev–Trinajstić information content (AvgIpc) is 2.75. The molecule has 4 nitrogen and oxygen atoms in total. The first-order chi connectivity index (χ1) is 13.7. The maximum absolute atomic E-state index is 12.6. The Bertz CT molecular complexity index is 988.